The molecule has 0 spiro atoms. The van der Waals surface area contributed by atoms with E-state index in [0.717, 1.165) is 11.1 Å². The number of hydrogen-bond acceptors (Lipinski definition) is 2. The largest absolute Gasteiger partial charge is 0.488 e. The van der Waals surface area contributed by atoms with Crippen LogP contribution >= 0.6 is 0 Å². The third kappa shape index (κ3) is 2.69. The molecule has 0 saturated carbocycles. The van der Waals surface area contributed by atoms with Crippen molar-refractivity contribution >= 4 is 5.91 Å². The molecule has 0 saturated heterocycles. The van der Waals surface area contributed by atoms with E-state index in [1.807, 2.05) is 43.3 Å². The van der Waals surface area contributed by atoms with Gasteiger partial charge in [-0.2, -0.15) is 0 Å². The monoisotopic (exact) mass is 241 g/mol. The number of nitrogens with two attached hydrogens (primary N) is 1. The summed E-state index contributed by atoms with van der Waals surface area (Å²) < 4.78 is 5.71. The van der Waals surface area contributed by atoms with Crippen molar-refractivity contribution in [2.75, 3.05) is 0 Å². The first-order valence-electron chi connectivity index (χ1n) is 5.74. The first-order chi connectivity index (χ1) is 8.68. The maximum atomic E-state index is 11.3. The van der Waals surface area contributed by atoms with Gasteiger partial charge in [0.2, 0.25) is 0 Å². The molecule has 0 heterocycles. The summed E-state index contributed by atoms with van der Waals surface area (Å²) in [6.45, 7) is 2.32. The lowest BCUT2D eigenvalue weighted by Crippen LogP contribution is -2.13. The zero-order valence-corrected chi connectivity index (χ0v) is 10.2. The smallest absolute Gasteiger partial charge is 0.252 e. The van der Waals surface area contributed by atoms with Crippen molar-refractivity contribution in [1.82, 2.24) is 0 Å². The highest BCUT2D eigenvalue weighted by Crippen LogP contribution is 2.24. The molecule has 0 aromatic heterocycles. The number of ether oxygens (including phenoxy) is 1. The number of carbonyl (C=O) groups excluding carboxylic acids is 1. The molecule has 0 atom stereocenters. The lowest BCUT2D eigenvalue weighted by molar-refractivity contribution is 0.0995. The highest BCUT2D eigenvalue weighted by atomic mass is 16.5. The Morgan fingerprint density at radius 2 is 1.83 bits per heavy atom. The Morgan fingerprint density at radius 1 is 1.11 bits per heavy atom. The molecule has 0 radical (unpaired) electrons. The molecule has 0 bridgehead atoms. The Hall–Kier alpha value is -2.29. The molecular formula is C15H15NO2. The van der Waals surface area contributed by atoms with Gasteiger partial charge in [-0.3, -0.25) is 4.79 Å². The van der Waals surface area contributed by atoms with E-state index in [9.17, 15) is 4.79 Å². The number of amides is 1. The fraction of sp³-hybridized carbons (Fsp3) is 0.133. The standard InChI is InChI=1S/C15H15NO2/c1-11-6-5-9-13(15(16)17)14(11)18-10-12-7-3-2-4-8-12/h2-9H,10H2,1H3,(H2,16,17). The molecule has 0 fully saturated rings. The lowest BCUT2D eigenvalue weighted by Gasteiger charge is -2.12. The number of para-hydroxylation sites is 1. The predicted octanol–water partition coefficient (Wildman–Crippen LogP) is 2.67. The van der Waals surface area contributed by atoms with Crippen molar-refractivity contribution in [2.45, 2.75) is 13.5 Å². The van der Waals surface area contributed by atoms with Gasteiger partial charge in [-0.05, 0) is 24.1 Å². The fourth-order valence-electron chi connectivity index (χ4n) is 1.77. The normalized spacial score (nSPS) is 10.1. The SMILES string of the molecule is Cc1cccc(C(N)=O)c1OCc1ccccc1. The van der Waals surface area contributed by atoms with E-state index >= 15 is 0 Å². The van der Waals surface area contributed by atoms with Crippen LogP contribution in [0.2, 0.25) is 0 Å². The number of carbonyl (C=O) groups is 1. The highest BCUT2D eigenvalue weighted by molar-refractivity contribution is 5.96. The van der Waals surface area contributed by atoms with Gasteiger partial charge in [0.1, 0.15) is 12.4 Å². The van der Waals surface area contributed by atoms with Gasteiger partial charge in [0.05, 0.1) is 5.56 Å². The van der Waals surface area contributed by atoms with E-state index in [1.165, 1.54) is 0 Å². The van der Waals surface area contributed by atoms with Crippen LogP contribution in [-0.2, 0) is 6.61 Å². The van der Waals surface area contributed by atoms with E-state index in [4.69, 9.17) is 10.5 Å². The van der Waals surface area contributed by atoms with Crippen LogP contribution in [0.5, 0.6) is 5.75 Å². The molecular weight excluding hydrogens is 226 g/mol. The molecule has 3 nitrogen and oxygen atoms in total. The minimum atomic E-state index is -0.471. The van der Waals surface area contributed by atoms with Crippen molar-refractivity contribution < 1.29 is 9.53 Å². The summed E-state index contributed by atoms with van der Waals surface area (Å²) in [5.74, 6) is 0.0932. The summed E-state index contributed by atoms with van der Waals surface area (Å²) in [7, 11) is 0. The van der Waals surface area contributed by atoms with Crippen LogP contribution in [0.1, 0.15) is 21.5 Å². The number of primary amides is 1. The number of benzene rings is 2. The summed E-state index contributed by atoms with van der Waals surface area (Å²) in [6.07, 6.45) is 0. The summed E-state index contributed by atoms with van der Waals surface area (Å²) >= 11 is 0. The Kier molecular flexibility index (Phi) is 3.63. The first kappa shape index (κ1) is 12.2. The maximum Gasteiger partial charge on any atom is 0.252 e. The second-order valence-electron chi connectivity index (χ2n) is 4.09. The molecule has 3 heteroatoms. The van der Waals surface area contributed by atoms with Gasteiger partial charge in [-0.1, -0.05) is 42.5 Å². The lowest BCUT2D eigenvalue weighted by atomic mass is 10.1. The van der Waals surface area contributed by atoms with Gasteiger partial charge >= 0.3 is 0 Å². The molecule has 2 rings (SSSR count). The molecule has 2 aromatic rings. The number of aryl methyl sites for hydroxylation is 1. The van der Waals surface area contributed by atoms with E-state index in [0.29, 0.717) is 17.9 Å². The quantitative estimate of drug-likeness (QED) is 0.894. The molecule has 2 N–H and O–H groups in total. The number of hydrogen-bond donors (Lipinski definition) is 1. The predicted molar refractivity (Wildman–Crippen MR) is 70.5 cm³/mol. The van der Waals surface area contributed by atoms with Gasteiger partial charge in [0.25, 0.3) is 5.91 Å². The first-order valence-corrected chi connectivity index (χ1v) is 5.74. The minimum absolute atomic E-state index is 0.422. The molecule has 0 unspecified atom stereocenters. The van der Waals surface area contributed by atoms with E-state index in [2.05, 4.69) is 0 Å². The zero-order valence-electron chi connectivity index (χ0n) is 10.2. The average Bonchev–Trinajstić information content (AvgIpc) is 2.38. The van der Waals surface area contributed by atoms with Crippen LogP contribution in [0.4, 0.5) is 0 Å². The van der Waals surface area contributed by atoms with Crippen LogP contribution in [0.15, 0.2) is 48.5 Å². The third-order valence-corrected chi connectivity index (χ3v) is 2.70. The van der Waals surface area contributed by atoms with Crippen molar-refractivity contribution in [3.8, 4) is 5.75 Å². The zero-order chi connectivity index (χ0) is 13.0. The highest BCUT2D eigenvalue weighted by Gasteiger charge is 2.11. The summed E-state index contributed by atoms with van der Waals surface area (Å²) in [5, 5.41) is 0. The molecule has 92 valence electrons. The summed E-state index contributed by atoms with van der Waals surface area (Å²) in [4.78, 5) is 11.3. The Morgan fingerprint density at radius 3 is 2.50 bits per heavy atom. The van der Waals surface area contributed by atoms with Crippen LogP contribution < -0.4 is 10.5 Å². The van der Waals surface area contributed by atoms with Crippen LogP contribution in [-0.4, -0.2) is 5.91 Å². The van der Waals surface area contributed by atoms with Crippen LogP contribution in [0.3, 0.4) is 0 Å². The topological polar surface area (TPSA) is 52.3 Å². The maximum absolute atomic E-state index is 11.3. The number of rotatable bonds is 4. The van der Waals surface area contributed by atoms with Gasteiger partial charge in [0, 0.05) is 0 Å². The van der Waals surface area contributed by atoms with E-state index in [1.54, 1.807) is 12.1 Å². The average molecular weight is 241 g/mol. The van der Waals surface area contributed by atoms with Crippen molar-refractivity contribution in [3.05, 3.63) is 65.2 Å². The van der Waals surface area contributed by atoms with Crippen LogP contribution in [0.25, 0.3) is 0 Å². The summed E-state index contributed by atoms with van der Waals surface area (Å²) in [5.41, 5.74) is 7.71. The second kappa shape index (κ2) is 5.36. The molecule has 0 aliphatic carbocycles. The third-order valence-electron chi connectivity index (χ3n) is 2.70. The fourth-order valence-corrected chi connectivity index (χ4v) is 1.77. The molecule has 2 aromatic carbocycles. The van der Waals surface area contributed by atoms with Crippen molar-refractivity contribution in [2.24, 2.45) is 5.73 Å². The van der Waals surface area contributed by atoms with Crippen LogP contribution in [0, 0.1) is 6.92 Å². The van der Waals surface area contributed by atoms with Crippen molar-refractivity contribution in [3.63, 3.8) is 0 Å². The Balaban J connectivity index is 2.21. The van der Waals surface area contributed by atoms with Gasteiger partial charge in [0.15, 0.2) is 0 Å². The van der Waals surface area contributed by atoms with Gasteiger partial charge < -0.3 is 10.5 Å². The molecule has 0 aliphatic rings. The Bertz CT molecular complexity index is 550. The minimum Gasteiger partial charge on any atom is -0.488 e. The summed E-state index contributed by atoms with van der Waals surface area (Å²) in [6, 6.07) is 15.2. The molecule has 0 aliphatic heterocycles. The van der Waals surface area contributed by atoms with E-state index in [-0.39, 0.29) is 0 Å². The second-order valence-corrected chi connectivity index (χ2v) is 4.09. The van der Waals surface area contributed by atoms with E-state index < -0.39 is 5.91 Å². The van der Waals surface area contributed by atoms with Gasteiger partial charge in [-0.15, -0.1) is 0 Å². The Labute approximate surface area is 106 Å². The van der Waals surface area contributed by atoms with Gasteiger partial charge in [-0.25, -0.2) is 0 Å². The van der Waals surface area contributed by atoms with Crippen molar-refractivity contribution in [1.29, 1.82) is 0 Å². The molecule has 18 heavy (non-hydrogen) atoms. The molecule has 1 amide bonds.